The molecule has 4 heteroatoms. The minimum atomic E-state index is 0.463. The van der Waals surface area contributed by atoms with E-state index in [0.717, 1.165) is 11.5 Å². The van der Waals surface area contributed by atoms with Crippen molar-refractivity contribution < 1.29 is 0 Å². The van der Waals surface area contributed by atoms with Crippen LogP contribution >= 0.6 is 0 Å². The topological polar surface area (TPSA) is 56.7 Å². The van der Waals surface area contributed by atoms with E-state index in [9.17, 15) is 0 Å². The van der Waals surface area contributed by atoms with E-state index in [-0.39, 0.29) is 0 Å². The highest BCUT2D eigenvalue weighted by Crippen LogP contribution is 2.38. The molecule has 82 valence electrons. The summed E-state index contributed by atoms with van der Waals surface area (Å²) in [5.41, 5.74) is 7.64. The van der Waals surface area contributed by atoms with E-state index in [1.165, 1.54) is 18.5 Å². The van der Waals surface area contributed by atoms with Crippen LogP contribution in [0.3, 0.4) is 0 Å². The second-order valence-electron chi connectivity index (χ2n) is 4.15. The van der Waals surface area contributed by atoms with Crippen molar-refractivity contribution in [3.05, 3.63) is 41.9 Å². The minimum Gasteiger partial charge on any atom is -0.325 e. The monoisotopic (exact) mass is 214 g/mol. The van der Waals surface area contributed by atoms with Gasteiger partial charge in [-0.3, -0.25) is 0 Å². The van der Waals surface area contributed by atoms with Crippen LogP contribution in [0.5, 0.6) is 0 Å². The molecule has 0 amide bonds. The molecule has 0 unspecified atom stereocenters. The van der Waals surface area contributed by atoms with Crippen LogP contribution in [-0.4, -0.2) is 14.8 Å². The van der Waals surface area contributed by atoms with Crippen molar-refractivity contribution in [2.75, 3.05) is 0 Å². The summed E-state index contributed by atoms with van der Waals surface area (Å²) in [7, 11) is 0. The lowest BCUT2D eigenvalue weighted by atomic mass is 10.3. The van der Waals surface area contributed by atoms with E-state index in [2.05, 4.69) is 16.1 Å². The molecule has 0 aromatic carbocycles. The van der Waals surface area contributed by atoms with Crippen molar-refractivity contribution in [2.45, 2.75) is 25.3 Å². The third kappa shape index (κ3) is 1.72. The highest BCUT2D eigenvalue weighted by atomic mass is 15.3. The number of nitrogens with zero attached hydrogens (tertiary/aromatic N) is 3. The van der Waals surface area contributed by atoms with Crippen molar-refractivity contribution in [1.82, 2.24) is 14.8 Å². The summed E-state index contributed by atoms with van der Waals surface area (Å²) in [5.74, 6) is 1.52. The van der Waals surface area contributed by atoms with Gasteiger partial charge in [0.2, 0.25) is 0 Å². The van der Waals surface area contributed by atoms with Crippen LogP contribution in [0.15, 0.2) is 30.5 Å². The van der Waals surface area contributed by atoms with Crippen molar-refractivity contribution in [3.8, 4) is 5.82 Å². The average Bonchev–Trinajstić information content (AvgIpc) is 3.07. The summed E-state index contributed by atoms with van der Waals surface area (Å²) in [6.07, 6.45) is 4.51. The van der Waals surface area contributed by atoms with Crippen molar-refractivity contribution in [1.29, 1.82) is 0 Å². The van der Waals surface area contributed by atoms with Gasteiger partial charge >= 0.3 is 0 Å². The van der Waals surface area contributed by atoms with E-state index in [1.54, 1.807) is 0 Å². The molecule has 2 heterocycles. The van der Waals surface area contributed by atoms with Crippen molar-refractivity contribution in [3.63, 3.8) is 0 Å². The summed E-state index contributed by atoms with van der Waals surface area (Å²) in [5, 5.41) is 4.53. The molecule has 4 nitrogen and oxygen atoms in total. The molecule has 3 rings (SSSR count). The van der Waals surface area contributed by atoms with Gasteiger partial charge < -0.3 is 5.73 Å². The Bertz CT molecular complexity index is 499. The largest absolute Gasteiger partial charge is 0.325 e. The zero-order chi connectivity index (χ0) is 11.0. The van der Waals surface area contributed by atoms with Gasteiger partial charge in [-0.2, -0.15) is 5.10 Å². The highest BCUT2D eigenvalue weighted by Gasteiger charge is 2.25. The first-order valence-electron chi connectivity index (χ1n) is 5.59. The van der Waals surface area contributed by atoms with E-state index in [1.807, 2.05) is 29.1 Å². The maximum absolute atomic E-state index is 5.57. The number of aromatic nitrogens is 3. The lowest BCUT2D eigenvalue weighted by molar-refractivity contribution is 0.801. The Balaban J connectivity index is 1.93. The van der Waals surface area contributed by atoms with Gasteiger partial charge in [-0.15, -0.1) is 0 Å². The SMILES string of the molecule is NCc1cccc(-n2ccc(C3CC3)n2)n1. The smallest absolute Gasteiger partial charge is 0.153 e. The Morgan fingerprint density at radius 3 is 2.94 bits per heavy atom. The van der Waals surface area contributed by atoms with Gasteiger partial charge in [0.05, 0.1) is 11.4 Å². The summed E-state index contributed by atoms with van der Waals surface area (Å²) >= 11 is 0. The van der Waals surface area contributed by atoms with E-state index >= 15 is 0 Å². The van der Waals surface area contributed by atoms with Gasteiger partial charge in [-0.05, 0) is 31.0 Å². The average molecular weight is 214 g/mol. The van der Waals surface area contributed by atoms with E-state index < -0.39 is 0 Å². The summed E-state index contributed by atoms with van der Waals surface area (Å²) in [6.45, 7) is 0.463. The number of nitrogens with two attached hydrogens (primary N) is 1. The van der Waals surface area contributed by atoms with E-state index in [0.29, 0.717) is 12.5 Å². The van der Waals surface area contributed by atoms with Crippen LogP contribution in [0.4, 0.5) is 0 Å². The maximum atomic E-state index is 5.57. The molecule has 1 aliphatic carbocycles. The number of pyridine rings is 1. The quantitative estimate of drug-likeness (QED) is 0.844. The number of hydrogen-bond acceptors (Lipinski definition) is 3. The van der Waals surface area contributed by atoms with E-state index in [4.69, 9.17) is 5.73 Å². The number of hydrogen-bond donors (Lipinski definition) is 1. The molecule has 1 saturated carbocycles. The first-order valence-corrected chi connectivity index (χ1v) is 5.59. The summed E-state index contributed by atoms with van der Waals surface area (Å²) < 4.78 is 1.83. The first-order chi connectivity index (χ1) is 7.86. The standard InChI is InChI=1S/C12H14N4/c13-8-10-2-1-3-12(14-10)16-7-6-11(15-16)9-4-5-9/h1-3,6-7,9H,4-5,8,13H2. The van der Waals surface area contributed by atoms with Crippen LogP contribution in [-0.2, 0) is 6.54 Å². The van der Waals surface area contributed by atoms with Gasteiger partial charge in [0.25, 0.3) is 0 Å². The molecule has 0 aliphatic heterocycles. The van der Waals surface area contributed by atoms with Crippen LogP contribution in [0, 0.1) is 0 Å². The molecule has 0 bridgehead atoms. The highest BCUT2D eigenvalue weighted by molar-refractivity contribution is 5.25. The third-order valence-corrected chi connectivity index (χ3v) is 2.84. The Hall–Kier alpha value is -1.68. The Labute approximate surface area is 94.1 Å². The fourth-order valence-corrected chi connectivity index (χ4v) is 1.77. The molecule has 2 aromatic heterocycles. The molecule has 16 heavy (non-hydrogen) atoms. The number of rotatable bonds is 3. The predicted molar refractivity (Wildman–Crippen MR) is 61.2 cm³/mol. The lowest BCUT2D eigenvalue weighted by Gasteiger charge is -2.02. The van der Waals surface area contributed by atoms with Gasteiger partial charge in [0.15, 0.2) is 5.82 Å². The Kier molecular flexibility index (Phi) is 2.22. The molecule has 0 saturated heterocycles. The predicted octanol–water partition coefficient (Wildman–Crippen LogP) is 1.60. The molecule has 1 aliphatic rings. The zero-order valence-corrected chi connectivity index (χ0v) is 9.00. The van der Waals surface area contributed by atoms with Gasteiger partial charge in [-0.25, -0.2) is 9.67 Å². The Morgan fingerprint density at radius 1 is 1.31 bits per heavy atom. The Morgan fingerprint density at radius 2 is 2.19 bits per heavy atom. The molecular weight excluding hydrogens is 200 g/mol. The van der Waals surface area contributed by atoms with Crippen LogP contribution in [0.25, 0.3) is 5.82 Å². The van der Waals surface area contributed by atoms with Crippen LogP contribution < -0.4 is 5.73 Å². The summed E-state index contributed by atoms with van der Waals surface area (Å²) in [4.78, 5) is 4.43. The van der Waals surface area contributed by atoms with Gasteiger partial charge in [-0.1, -0.05) is 6.07 Å². The normalized spacial score (nSPS) is 15.3. The second kappa shape index (κ2) is 3.72. The molecule has 1 fully saturated rings. The molecular formula is C12H14N4. The van der Waals surface area contributed by atoms with Crippen LogP contribution in [0.2, 0.25) is 0 Å². The molecule has 2 N–H and O–H groups in total. The second-order valence-corrected chi connectivity index (χ2v) is 4.15. The molecule has 0 atom stereocenters. The molecule has 2 aromatic rings. The molecule has 0 radical (unpaired) electrons. The zero-order valence-electron chi connectivity index (χ0n) is 9.00. The molecule has 0 spiro atoms. The van der Waals surface area contributed by atoms with Gasteiger partial charge in [0.1, 0.15) is 0 Å². The maximum Gasteiger partial charge on any atom is 0.153 e. The fourth-order valence-electron chi connectivity index (χ4n) is 1.77. The van der Waals surface area contributed by atoms with Crippen molar-refractivity contribution >= 4 is 0 Å². The summed E-state index contributed by atoms with van der Waals surface area (Å²) in [6, 6.07) is 7.91. The first kappa shape index (κ1) is 9.54. The minimum absolute atomic E-state index is 0.463. The van der Waals surface area contributed by atoms with Crippen LogP contribution in [0.1, 0.15) is 30.1 Å². The van der Waals surface area contributed by atoms with Gasteiger partial charge in [0, 0.05) is 18.7 Å². The third-order valence-electron chi connectivity index (χ3n) is 2.84. The van der Waals surface area contributed by atoms with Crippen molar-refractivity contribution in [2.24, 2.45) is 5.73 Å². The fraction of sp³-hybridized carbons (Fsp3) is 0.333. The lowest BCUT2D eigenvalue weighted by Crippen LogP contribution is -2.04.